The van der Waals surface area contributed by atoms with E-state index in [-0.39, 0.29) is 6.61 Å². The molecule has 5 aromatic rings. The number of halogens is 1. The maximum Gasteiger partial charge on any atom is 0.141 e. The van der Waals surface area contributed by atoms with Crippen LogP contribution >= 0.6 is 19.1 Å². The third-order valence-corrected chi connectivity index (χ3v) is 9.57. The van der Waals surface area contributed by atoms with E-state index in [4.69, 9.17) is 20.8 Å². The average molecular weight is 576 g/mol. The standard InChI is InChI=1S/C29H29ClN6O3P/c1-40(37)12-10-36(11-13-40)17-23-4-7-27(39-23)20-2-5-26-24(14-20)29(34-19-33-26)35-21-3-6-28(25(30)15-21)38-18-22-16-31-8-9-32-22/h2-9,14-16,19,37H,10-13,17-18H2,1H3,(H,33,34,35)/q+1. The summed E-state index contributed by atoms with van der Waals surface area (Å²) < 4.78 is 12.0. The maximum absolute atomic E-state index is 10.3. The lowest BCUT2D eigenvalue weighted by Gasteiger charge is -2.29. The minimum atomic E-state index is -1.70. The normalized spacial score (nSPS) is 15.3. The van der Waals surface area contributed by atoms with Crippen LogP contribution in [0.2, 0.25) is 5.02 Å². The molecular weight excluding hydrogens is 547 g/mol. The zero-order chi connectivity index (χ0) is 27.5. The molecule has 0 saturated carbocycles. The largest absolute Gasteiger partial charge is 0.486 e. The van der Waals surface area contributed by atoms with E-state index in [0.717, 1.165) is 71.3 Å². The predicted molar refractivity (Wildman–Crippen MR) is 158 cm³/mol. The van der Waals surface area contributed by atoms with Crippen molar-refractivity contribution < 1.29 is 14.0 Å². The fourth-order valence-electron chi connectivity index (χ4n) is 4.63. The number of ether oxygens (including phenoxy) is 1. The molecule has 3 aromatic heterocycles. The Morgan fingerprint density at radius 3 is 2.73 bits per heavy atom. The second-order valence-electron chi connectivity index (χ2n) is 10.0. The van der Waals surface area contributed by atoms with Crippen LogP contribution in [0.25, 0.3) is 22.2 Å². The van der Waals surface area contributed by atoms with E-state index in [1.807, 2.05) is 49.1 Å². The highest BCUT2D eigenvalue weighted by Crippen LogP contribution is 2.51. The number of aromatic nitrogens is 4. The van der Waals surface area contributed by atoms with Gasteiger partial charge in [-0.2, -0.15) is 0 Å². The molecule has 1 fully saturated rings. The van der Waals surface area contributed by atoms with Gasteiger partial charge in [0, 0.05) is 42.1 Å². The van der Waals surface area contributed by atoms with Crippen LogP contribution in [0.4, 0.5) is 11.5 Å². The average Bonchev–Trinajstić information content (AvgIpc) is 3.43. The predicted octanol–water partition coefficient (Wildman–Crippen LogP) is 6.03. The van der Waals surface area contributed by atoms with E-state index in [2.05, 4.69) is 30.2 Å². The van der Waals surface area contributed by atoms with Gasteiger partial charge < -0.3 is 14.5 Å². The van der Waals surface area contributed by atoms with Crippen molar-refractivity contribution in [2.75, 3.05) is 37.4 Å². The highest BCUT2D eigenvalue weighted by molar-refractivity contribution is 7.69. The Balaban J connectivity index is 1.17. The molecule has 1 saturated heterocycles. The first kappa shape index (κ1) is 26.6. The van der Waals surface area contributed by atoms with Gasteiger partial charge in [-0.25, -0.2) is 9.97 Å². The first-order valence-electron chi connectivity index (χ1n) is 13.0. The molecule has 0 bridgehead atoms. The maximum atomic E-state index is 10.3. The summed E-state index contributed by atoms with van der Waals surface area (Å²) >= 11 is 6.51. The van der Waals surface area contributed by atoms with Gasteiger partial charge in [0.25, 0.3) is 0 Å². The van der Waals surface area contributed by atoms with Gasteiger partial charge in [-0.05, 0) is 48.5 Å². The van der Waals surface area contributed by atoms with Crippen LogP contribution in [0.5, 0.6) is 5.75 Å². The molecule has 1 aliphatic heterocycles. The first-order valence-corrected chi connectivity index (χ1v) is 15.9. The van der Waals surface area contributed by atoms with Crippen molar-refractivity contribution in [1.29, 1.82) is 0 Å². The summed E-state index contributed by atoms with van der Waals surface area (Å²) in [6.45, 7) is 4.83. The van der Waals surface area contributed by atoms with Gasteiger partial charge >= 0.3 is 0 Å². The summed E-state index contributed by atoms with van der Waals surface area (Å²) in [5.41, 5.74) is 3.24. The molecule has 0 amide bonds. The number of anilines is 2. The lowest BCUT2D eigenvalue weighted by atomic mass is 10.1. The molecule has 0 atom stereocenters. The van der Waals surface area contributed by atoms with Gasteiger partial charge in [0.1, 0.15) is 43.5 Å². The molecule has 2 aromatic carbocycles. The Bertz CT molecular complexity index is 1620. The monoisotopic (exact) mass is 575 g/mol. The van der Waals surface area contributed by atoms with Crippen molar-refractivity contribution in [3.05, 3.63) is 89.9 Å². The van der Waals surface area contributed by atoms with Gasteiger partial charge in [0.15, 0.2) is 0 Å². The molecule has 1 aliphatic rings. The molecule has 40 heavy (non-hydrogen) atoms. The van der Waals surface area contributed by atoms with Gasteiger partial charge in [0.05, 0.1) is 48.0 Å². The van der Waals surface area contributed by atoms with Crippen LogP contribution in [0.1, 0.15) is 11.5 Å². The molecule has 6 rings (SSSR count). The topological polar surface area (TPSA) is 109 Å². The fourth-order valence-corrected chi connectivity index (χ4v) is 6.52. The van der Waals surface area contributed by atoms with Gasteiger partial charge in [-0.1, -0.05) is 11.6 Å². The molecule has 0 spiro atoms. The quantitative estimate of drug-likeness (QED) is 0.214. The van der Waals surface area contributed by atoms with Gasteiger partial charge in [-0.3, -0.25) is 19.8 Å². The van der Waals surface area contributed by atoms with E-state index in [9.17, 15) is 4.89 Å². The smallest absolute Gasteiger partial charge is 0.141 e. The van der Waals surface area contributed by atoms with Crippen LogP contribution in [0.15, 0.2) is 77.9 Å². The lowest BCUT2D eigenvalue weighted by molar-refractivity contribution is 0.260. The molecule has 0 unspecified atom stereocenters. The van der Waals surface area contributed by atoms with Gasteiger partial charge in [-0.15, -0.1) is 0 Å². The van der Waals surface area contributed by atoms with E-state index < -0.39 is 7.49 Å². The van der Waals surface area contributed by atoms with E-state index in [0.29, 0.717) is 16.6 Å². The van der Waals surface area contributed by atoms with Crippen molar-refractivity contribution in [2.45, 2.75) is 13.2 Å². The van der Waals surface area contributed by atoms with Crippen LogP contribution in [0, 0.1) is 0 Å². The zero-order valence-corrected chi connectivity index (χ0v) is 23.6. The Morgan fingerprint density at radius 2 is 1.93 bits per heavy atom. The number of hydrogen-bond donors (Lipinski definition) is 2. The number of rotatable bonds is 8. The van der Waals surface area contributed by atoms with Crippen molar-refractivity contribution >= 4 is 41.5 Å². The molecule has 9 nitrogen and oxygen atoms in total. The Labute approximate surface area is 237 Å². The summed E-state index contributed by atoms with van der Waals surface area (Å²) in [7, 11) is -1.70. The Kier molecular flexibility index (Phi) is 7.63. The number of hydrogen-bond acceptors (Lipinski definition) is 9. The zero-order valence-electron chi connectivity index (χ0n) is 22.0. The first-order chi connectivity index (χ1) is 19.4. The number of nitrogens with one attached hydrogen (secondary N) is 1. The second kappa shape index (κ2) is 11.5. The van der Waals surface area contributed by atoms with Crippen molar-refractivity contribution in [1.82, 2.24) is 24.8 Å². The summed E-state index contributed by atoms with van der Waals surface area (Å²) in [5.74, 6) is 2.91. The van der Waals surface area contributed by atoms with E-state index >= 15 is 0 Å². The van der Waals surface area contributed by atoms with Crippen LogP contribution in [-0.2, 0) is 13.2 Å². The SMILES string of the molecule is C[P+]1(O)CCN(Cc2ccc(-c3ccc4ncnc(Nc5ccc(OCc6cnccn6)c(Cl)c5)c4c3)o2)CC1. The highest BCUT2D eigenvalue weighted by atomic mass is 35.5. The van der Waals surface area contributed by atoms with Crippen LogP contribution < -0.4 is 10.1 Å². The molecule has 4 heterocycles. The van der Waals surface area contributed by atoms with E-state index in [1.54, 1.807) is 24.7 Å². The Morgan fingerprint density at radius 1 is 1.05 bits per heavy atom. The summed E-state index contributed by atoms with van der Waals surface area (Å²) in [5, 5.41) is 4.69. The minimum absolute atomic E-state index is 0.273. The molecule has 0 radical (unpaired) electrons. The number of furan rings is 1. The van der Waals surface area contributed by atoms with Crippen LogP contribution in [-0.4, -0.2) is 61.8 Å². The third kappa shape index (κ3) is 6.24. The molecular formula is C29H29ClN6O3P+. The fraction of sp³-hybridized carbons (Fsp3) is 0.241. The minimum Gasteiger partial charge on any atom is -0.486 e. The number of nitrogens with zero attached hydrogens (tertiary/aromatic N) is 5. The second-order valence-corrected chi connectivity index (χ2v) is 14.0. The third-order valence-electron chi connectivity index (χ3n) is 6.94. The van der Waals surface area contributed by atoms with Gasteiger partial charge in [0.2, 0.25) is 0 Å². The molecule has 2 N–H and O–H groups in total. The molecule has 0 aliphatic carbocycles. The summed E-state index contributed by atoms with van der Waals surface area (Å²) in [6.07, 6.45) is 8.19. The van der Waals surface area contributed by atoms with Crippen LogP contribution in [0.3, 0.4) is 0 Å². The summed E-state index contributed by atoms with van der Waals surface area (Å²) in [6, 6.07) is 15.5. The van der Waals surface area contributed by atoms with E-state index in [1.165, 1.54) is 6.33 Å². The lowest BCUT2D eigenvalue weighted by Crippen LogP contribution is -2.35. The van der Waals surface area contributed by atoms with Crippen molar-refractivity contribution in [3.8, 4) is 17.1 Å². The number of fused-ring (bicyclic) bond motifs is 1. The summed E-state index contributed by atoms with van der Waals surface area (Å²) in [4.78, 5) is 29.9. The van der Waals surface area contributed by atoms with Crippen molar-refractivity contribution in [2.24, 2.45) is 0 Å². The molecule has 11 heteroatoms. The van der Waals surface area contributed by atoms with Crippen molar-refractivity contribution in [3.63, 3.8) is 0 Å². The molecule has 204 valence electrons. The number of benzene rings is 2. The highest BCUT2D eigenvalue weighted by Gasteiger charge is 2.34. The Hall–Kier alpha value is -3.62.